The average Bonchev–Trinajstić information content (AvgIpc) is 3.49. The van der Waals surface area contributed by atoms with Crippen LogP contribution in [0.25, 0.3) is 22.1 Å². The van der Waals surface area contributed by atoms with Gasteiger partial charge in [-0.05, 0) is 49.6 Å². The summed E-state index contributed by atoms with van der Waals surface area (Å²) in [7, 11) is 0. The van der Waals surface area contributed by atoms with Crippen molar-refractivity contribution in [2.24, 2.45) is 0 Å². The first-order valence-electron chi connectivity index (χ1n) is 9.08. The third-order valence-corrected chi connectivity index (χ3v) is 6.05. The lowest BCUT2D eigenvalue weighted by Crippen LogP contribution is -2.21. The molecular formula is C20H20N4O2S2. The molecule has 0 radical (unpaired) electrons. The van der Waals surface area contributed by atoms with Crippen molar-refractivity contribution in [1.29, 1.82) is 0 Å². The second kappa shape index (κ2) is 8.62. The fraction of sp³-hybridized carbons (Fsp3) is 0.250. The van der Waals surface area contributed by atoms with Crippen LogP contribution in [0.15, 0.2) is 62.0 Å². The molecule has 4 aromatic rings. The van der Waals surface area contributed by atoms with Gasteiger partial charge in [0.1, 0.15) is 0 Å². The first-order valence-corrected chi connectivity index (χ1v) is 10.9. The fourth-order valence-corrected chi connectivity index (χ4v) is 4.16. The monoisotopic (exact) mass is 412 g/mol. The quantitative estimate of drug-likeness (QED) is 0.349. The highest BCUT2D eigenvalue weighted by Gasteiger charge is 2.12. The van der Waals surface area contributed by atoms with E-state index < -0.39 is 0 Å². The summed E-state index contributed by atoms with van der Waals surface area (Å²) < 4.78 is 11.2. The number of hydrogen-bond acceptors (Lipinski definition) is 8. The van der Waals surface area contributed by atoms with Crippen molar-refractivity contribution in [1.82, 2.24) is 15.4 Å². The molecule has 0 unspecified atom stereocenters. The molecule has 8 heteroatoms. The largest absolute Gasteiger partial charge is 0.411 e. The van der Waals surface area contributed by atoms with Gasteiger partial charge in [0.25, 0.3) is 5.22 Å². The fourth-order valence-electron chi connectivity index (χ4n) is 2.84. The maximum atomic E-state index is 5.79. The Kier molecular flexibility index (Phi) is 5.78. The van der Waals surface area contributed by atoms with Crippen LogP contribution in [0.4, 0.5) is 5.69 Å². The smallest absolute Gasteiger partial charge is 0.277 e. The maximum Gasteiger partial charge on any atom is 0.277 e. The Morgan fingerprint density at radius 3 is 2.61 bits per heavy atom. The van der Waals surface area contributed by atoms with E-state index in [0.29, 0.717) is 16.9 Å². The van der Waals surface area contributed by atoms with E-state index in [4.69, 9.17) is 8.94 Å². The maximum absolute atomic E-state index is 5.79. The van der Waals surface area contributed by atoms with E-state index >= 15 is 0 Å². The Bertz CT molecular complexity index is 1010. The minimum absolute atomic E-state index is 0.517. The zero-order valence-electron chi connectivity index (χ0n) is 15.7. The van der Waals surface area contributed by atoms with E-state index in [1.807, 2.05) is 35.7 Å². The summed E-state index contributed by atoms with van der Waals surface area (Å²) in [5.41, 5.74) is 2.95. The molecule has 3 aromatic heterocycles. The summed E-state index contributed by atoms with van der Waals surface area (Å²) in [6.45, 7) is 6.26. The second-order valence-corrected chi connectivity index (χ2v) is 7.92. The molecule has 3 heterocycles. The Balaban J connectivity index is 1.39. The van der Waals surface area contributed by atoms with Crippen LogP contribution in [0.3, 0.4) is 0 Å². The molecule has 28 heavy (non-hydrogen) atoms. The molecule has 0 amide bonds. The van der Waals surface area contributed by atoms with Gasteiger partial charge in [-0.1, -0.05) is 23.0 Å². The molecule has 0 N–H and O–H groups in total. The summed E-state index contributed by atoms with van der Waals surface area (Å²) in [5, 5.41) is 14.9. The Labute approximate surface area is 171 Å². The summed E-state index contributed by atoms with van der Waals surface area (Å²) in [4.78, 5) is 3.36. The van der Waals surface area contributed by atoms with E-state index in [-0.39, 0.29) is 0 Å². The molecule has 0 aliphatic heterocycles. The van der Waals surface area contributed by atoms with Crippen LogP contribution in [-0.4, -0.2) is 28.4 Å². The van der Waals surface area contributed by atoms with E-state index in [0.717, 1.165) is 35.0 Å². The molecule has 0 spiro atoms. The lowest BCUT2D eigenvalue weighted by molar-refractivity contribution is 0.427. The molecular weight excluding hydrogens is 392 g/mol. The molecule has 0 aliphatic rings. The van der Waals surface area contributed by atoms with E-state index in [9.17, 15) is 0 Å². The highest BCUT2D eigenvalue weighted by Crippen LogP contribution is 2.29. The third kappa shape index (κ3) is 4.13. The molecule has 6 nitrogen and oxygen atoms in total. The Morgan fingerprint density at radius 1 is 1.07 bits per heavy atom. The first kappa shape index (κ1) is 18.8. The number of rotatable bonds is 8. The van der Waals surface area contributed by atoms with Crippen molar-refractivity contribution in [3.8, 4) is 22.1 Å². The number of aromatic nitrogens is 3. The van der Waals surface area contributed by atoms with Gasteiger partial charge in [-0.2, -0.15) is 0 Å². The highest BCUT2D eigenvalue weighted by molar-refractivity contribution is 7.98. The van der Waals surface area contributed by atoms with Crippen molar-refractivity contribution in [3.63, 3.8) is 0 Å². The second-order valence-electron chi connectivity index (χ2n) is 6.04. The molecule has 0 saturated heterocycles. The SMILES string of the molecule is CCN(CC)c1ccc(-c2nnc(SCc3cc(-c4cccs4)on3)o2)cc1. The molecule has 1 aromatic carbocycles. The van der Waals surface area contributed by atoms with Crippen LogP contribution in [-0.2, 0) is 5.75 Å². The summed E-state index contributed by atoms with van der Waals surface area (Å²) >= 11 is 3.07. The Hall–Kier alpha value is -2.58. The lowest BCUT2D eigenvalue weighted by atomic mass is 10.2. The topological polar surface area (TPSA) is 68.2 Å². The lowest BCUT2D eigenvalue weighted by Gasteiger charge is -2.20. The zero-order valence-corrected chi connectivity index (χ0v) is 17.3. The Morgan fingerprint density at radius 2 is 1.89 bits per heavy atom. The standard InChI is InChI=1S/C20H20N4O2S2/c1-3-24(4-2)16-9-7-14(8-10-16)19-21-22-20(25-19)28-13-15-12-17(26-23-15)18-6-5-11-27-18/h5-12H,3-4,13H2,1-2H3. The molecule has 0 bridgehead atoms. The van der Waals surface area contributed by atoms with Gasteiger partial charge in [-0.15, -0.1) is 21.5 Å². The molecule has 0 atom stereocenters. The van der Waals surface area contributed by atoms with Gasteiger partial charge in [0.2, 0.25) is 5.89 Å². The molecule has 0 saturated carbocycles. The summed E-state index contributed by atoms with van der Waals surface area (Å²) in [6, 6.07) is 14.1. The third-order valence-electron chi connectivity index (χ3n) is 4.32. The van der Waals surface area contributed by atoms with E-state index in [1.54, 1.807) is 11.3 Å². The van der Waals surface area contributed by atoms with Crippen LogP contribution in [0.2, 0.25) is 0 Å². The molecule has 144 valence electrons. The van der Waals surface area contributed by atoms with Gasteiger partial charge in [0, 0.05) is 36.2 Å². The normalized spacial score (nSPS) is 11.1. The average molecular weight is 413 g/mol. The van der Waals surface area contributed by atoms with Crippen LogP contribution in [0.1, 0.15) is 19.5 Å². The van der Waals surface area contributed by atoms with Crippen molar-refractivity contribution in [2.75, 3.05) is 18.0 Å². The zero-order chi connectivity index (χ0) is 19.3. The van der Waals surface area contributed by atoms with Gasteiger partial charge in [0.05, 0.1) is 10.6 Å². The van der Waals surface area contributed by atoms with Crippen LogP contribution in [0, 0.1) is 0 Å². The number of anilines is 1. The number of benzene rings is 1. The van der Waals surface area contributed by atoms with Gasteiger partial charge < -0.3 is 13.8 Å². The van der Waals surface area contributed by atoms with Gasteiger partial charge in [0.15, 0.2) is 5.76 Å². The van der Waals surface area contributed by atoms with Crippen LogP contribution >= 0.6 is 23.1 Å². The summed E-state index contributed by atoms with van der Waals surface area (Å²) in [6.07, 6.45) is 0. The highest BCUT2D eigenvalue weighted by atomic mass is 32.2. The predicted molar refractivity (Wildman–Crippen MR) is 113 cm³/mol. The van der Waals surface area contributed by atoms with E-state index in [1.165, 1.54) is 17.4 Å². The van der Waals surface area contributed by atoms with Crippen molar-refractivity contribution in [3.05, 3.63) is 53.5 Å². The van der Waals surface area contributed by atoms with Gasteiger partial charge in [-0.3, -0.25) is 0 Å². The van der Waals surface area contributed by atoms with Gasteiger partial charge >= 0.3 is 0 Å². The van der Waals surface area contributed by atoms with E-state index in [2.05, 4.69) is 46.2 Å². The van der Waals surface area contributed by atoms with Crippen molar-refractivity contribution in [2.45, 2.75) is 24.8 Å². The van der Waals surface area contributed by atoms with Gasteiger partial charge in [-0.25, -0.2) is 0 Å². The minimum Gasteiger partial charge on any atom is -0.411 e. The summed E-state index contributed by atoms with van der Waals surface area (Å²) in [5.74, 6) is 1.91. The van der Waals surface area contributed by atoms with Crippen LogP contribution in [0.5, 0.6) is 0 Å². The molecule has 4 rings (SSSR count). The number of thiophene rings is 1. The predicted octanol–water partition coefficient (Wildman–Crippen LogP) is 5.59. The van der Waals surface area contributed by atoms with Crippen molar-refractivity contribution < 1.29 is 8.94 Å². The number of nitrogens with zero attached hydrogens (tertiary/aromatic N) is 4. The number of thioether (sulfide) groups is 1. The van der Waals surface area contributed by atoms with Crippen molar-refractivity contribution >= 4 is 28.8 Å². The first-order chi connectivity index (χ1) is 13.8. The molecule has 0 fully saturated rings. The molecule has 0 aliphatic carbocycles. The van der Waals surface area contributed by atoms with Crippen LogP contribution < -0.4 is 4.90 Å². The minimum atomic E-state index is 0.517. The number of hydrogen-bond donors (Lipinski definition) is 0.